The van der Waals surface area contributed by atoms with Crippen LogP contribution in [0.25, 0.3) is 0 Å². The molecule has 1 heterocycles. The van der Waals surface area contributed by atoms with Gasteiger partial charge < -0.3 is 11.1 Å². The molecule has 1 amide bonds. The predicted octanol–water partition coefficient (Wildman–Crippen LogP) is 0.760. The first-order valence-corrected chi connectivity index (χ1v) is 4.23. The standard InChI is InChI=1S/C9H12N4O.H2/c1-5(2)7(10)3-6-8(11)12-4-13-9(6)14;/h3-5,10H,1-2H3,(H2,11,12,13,14);1H/b6-3+,10-7?;. The van der Waals surface area contributed by atoms with Gasteiger partial charge in [0, 0.05) is 7.14 Å². The summed E-state index contributed by atoms with van der Waals surface area (Å²) in [5.74, 6) is -0.271. The third-order valence-electron chi connectivity index (χ3n) is 1.80. The Morgan fingerprint density at radius 1 is 1.71 bits per heavy atom. The molecular formula is C9H14N4O. The molecule has 14 heavy (non-hydrogen) atoms. The number of hydrogen-bond donors (Lipinski definition) is 2. The number of amidine groups is 1. The Morgan fingerprint density at radius 3 is 2.86 bits per heavy atom. The minimum Gasteiger partial charge on any atom is -0.383 e. The molecule has 5 heteroatoms. The van der Waals surface area contributed by atoms with Crippen molar-refractivity contribution in [1.82, 2.24) is 0 Å². The van der Waals surface area contributed by atoms with Gasteiger partial charge in [-0.15, -0.1) is 0 Å². The molecule has 3 N–H and O–H groups in total. The highest BCUT2D eigenvalue weighted by atomic mass is 16.1. The Labute approximate surface area is 83.4 Å². The summed E-state index contributed by atoms with van der Waals surface area (Å²) in [6, 6.07) is 0. The van der Waals surface area contributed by atoms with Gasteiger partial charge in [-0.3, -0.25) is 4.79 Å². The molecule has 0 saturated carbocycles. The molecule has 0 unspecified atom stereocenters. The lowest BCUT2D eigenvalue weighted by Crippen LogP contribution is -2.24. The van der Waals surface area contributed by atoms with Crippen molar-refractivity contribution in [3.63, 3.8) is 0 Å². The van der Waals surface area contributed by atoms with Gasteiger partial charge in [-0.2, -0.15) is 4.99 Å². The van der Waals surface area contributed by atoms with Crippen LogP contribution in [0.15, 0.2) is 21.6 Å². The molecule has 0 spiro atoms. The molecule has 0 saturated heterocycles. The topological polar surface area (TPSA) is 91.7 Å². The minimum atomic E-state index is -0.442. The summed E-state index contributed by atoms with van der Waals surface area (Å²) in [6.45, 7) is 3.73. The van der Waals surface area contributed by atoms with E-state index in [0.29, 0.717) is 5.71 Å². The lowest BCUT2D eigenvalue weighted by Gasteiger charge is -2.07. The van der Waals surface area contributed by atoms with Gasteiger partial charge in [0.15, 0.2) is 0 Å². The molecule has 0 fully saturated rings. The molecule has 0 atom stereocenters. The van der Waals surface area contributed by atoms with E-state index in [0.717, 1.165) is 6.34 Å². The second-order valence-electron chi connectivity index (χ2n) is 3.23. The normalized spacial score (nSPS) is 18.9. The third-order valence-corrected chi connectivity index (χ3v) is 1.80. The van der Waals surface area contributed by atoms with Crippen LogP contribution >= 0.6 is 0 Å². The Bertz CT molecular complexity index is 368. The SMILES string of the molecule is CC(C)C(=N)/C=C1/C(=O)N=CN=C1N.[HH]. The molecule has 0 bridgehead atoms. The number of hydrogen-bond acceptors (Lipinski definition) is 4. The van der Waals surface area contributed by atoms with Crippen LogP contribution in [0.5, 0.6) is 0 Å². The number of rotatable bonds is 2. The molecule has 76 valence electrons. The van der Waals surface area contributed by atoms with Crippen LogP contribution in [0.1, 0.15) is 15.3 Å². The van der Waals surface area contributed by atoms with Gasteiger partial charge >= 0.3 is 0 Å². The van der Waals surface area contributed by atoms with E-state index in [1.165, 1.54) is 6.08 Å². The van der Waals surface area contributed by atoms with Crippen molar-refractivity contribution in [1.29, 1.82) is 5.41 Å². The summed E-state index contributed by atoms with van der Waals surface area (Å²) in [5, 5.41) is 7.57. The predicted molar refractivity (Wildman–Crippen MR) is 57.9 cm³/mol. The van der Waals surface area contributed by atoms with Gasteiger partial charge in [0.25, 0.3) is 5.91 Å². The molecule has 1 rings (SSSR count). The number of carbonyl (C=O) groups excluding carboxylic acids is 1. The highest BCUT2D eigenvalue weighted by molar-refractivity contribution is 6.27. The first-order valence-electron chi connectivity index (χ1n) is 4.23. The molecule has 0 aromatic rings. The smallest absolute Gasteiger partial charge is 0.282 e. The van der Waals surface area contributed by atoms with Crippen LogP contribution < -0.4 is 5.73 Å². The van der Waals surface area contributed by atoms with Gasteiger partial charge in [0.05, 0.1) is 5.57 Å². The largest absolute Gasteiger partial charge is 0.383 e. The number of nitrogens with one attached hydrogen (secondary N) is 1. The second-order valence-corrected chi connectivity index (χ2v) is 3.23. The van der Waals surface area contributed by atoms with Crippen molar-refractivity contribution in [2.24, 2.45) is 21.6 Å². The van der Waals surface area contributed by atoms with E-state index in [9.17, 15) is 4.79 Å². The first-order chi connectivity index (χ1) is 6.52. The van der Waals surface area contributed by atoms with E-state index in [4.69, 9.17) is 11.1 Å². The van der Waals surface area contributed by atoms with E-state index < -0.39 is 5.91 Å². The Balaban J connectivity index is 0.00000196. The molecule has 1 aliphatic heterocycles. The van der Waals surface area contributed by atoms with Gasteiger partial charge in [0.1, 0.15) is 12.2 Å². The van der Waals surface area contributed by atoms with Crippen LogP contribution in [-0.4, -0.2) is 23.8 Å². The van der Waals surface area contributed by atoms with Gasteiger partial charge in [0.2, 0.25) is 0 Å². The van der Waals surface area contributed by atoms with Gasteiger partial charge in [-0.1, -0.05) is 13.8 Å². The number of carbonyl (C=O) groups is 1. The molecule has 5 nitrogen and oxygen atoms in total. The second kappa shape index (κ2) is 3.95. The van der Waals surface area contributed by atoms with E-state index in [2.05, 4.69) is 9.98 Å². The van der Waals surface area contributed by atoms with E-state index in [-0.39, 0.29) is 18.8 Å². The van der Waals surface area contributed by atoms with Crippen molar-refractivity contribution in [2.45, 2.75) is 13.8 Å². The van der Waals surface area contributed by atoms with Crippen molar-refractivity contribution >= 4 is 23.8 Å². The summed E-state index contributed by atoms with van der Waals surface area (Å²) in [5.41, 5.74) is 6.03. The summed E-state index contributed by atoms with van der Waals surface area (Å²) >= 11 is 0. The molecule has 0 aromatic heterocycles. The Hall–Kier alpha value is -1.78. The van der Waals surface area contributed by atoms with E-state index in [1.54, 1.807) is 0 Å². The monoisotopic (exact) mass is 194 g/mol. The van der Waals surface area contributed by atoms with E-state index in [1.807, 2.05) is 13.8 Å². The quantitative estimate of drug-likeness (QED) is 0.501. The summed E-state index contributed by atoms with van der Waals surface area (Å²) in [4.78, 5) is 18.4. The van der Waals surface area contributed by atoms with Gasteiger partial charge in [-0.05, 0) is 12.0 Å². The fourth-order valence-corrected chi connectivity index (χ4v) is 0.850. The molecule has 0 aromatic carbocycles. The summed E-state index contributed by atoms with van der Waals surface area (Å²) in [6.07, 6.45) is 2.54. The maximum atomic E-state index is 11.2. The Kier molecular flexibility index (Phi) is 2.91. The third kappa shape index (κ3) is 2.12. The average molecular weight is 194 g/mol. The average Bonchev–Trinajstić information content (AvgIpc) is 2.11. The van der Waals surface area contributed by atoms with Crippen molar-refractivity contribution < 1.29 is 6.22 Å². The number of nitrogens with two attached hydrogens (primary N) is 1. The zero-order valence-corrected chi connectivity index (χ0v) is 8.11. The van der Waals surface area contributed by atoms with Crippen molar-refractivity contribution in [2.75, 3.05) is 0 Å². The molecular weight excluding hydrogens is 180 g/mol. The number of aliphatic imine (C=N–C) groups is 2. The lowest BCUT2D eigenvalue weighted by atomic mass is 10.0. The maximum Gasteiger partial charge on any atom is 0.282 e. The molecule has 0 aliphatic carbocycles. The minimum absolute atomic E-state index is 0. The number of nitrogens with zero attached hydrogens (tertiary/aromatic N) is 2. The van der Waals surface area contributed by atoms with Crippen molar-refractivity contribution in [3.05, 3.63) is 11.6 Å². The zero-order valence-electron chi connectivity index (χ0n) is 8.11. The fourth-order valence-electron chi connectivity index (χ4n) is 0.850. The maximum absolute atomic E-state index is 11.2. The van der Waals surface area contributed by atoms with E-state index >= 15 is 0 Å². The number of amides is 1. The van der Waals surface area contributed by atoms with Crippen LogP contribution in [0, 0.1) is 11.3 Å². The van der Waals surface area contributed by atoms with Crippen molar-refractivity contribution in [3.8, 4) is 0 Å². The van der Waals surface area contributed by atoms with Crippen LogP contribution in [0.2, 0.25) is 0 Å². The molecule has 0 radical (unpaired) electrons. The van der Waals surface area contributed by atoms with Gasteiger partial charge in [-0.25, -0.2) is 4.99 Å². The summed E-state index contributed by atoms with van der Waals surface area (Å²) in [7, 11) is 0. The van der Waals surface area contributed by atoms with Crippen LogP contribution in [0.3, 0.4) is 0 Å². The summed E-state index contributed by atoms with van der Waals surface area (Å²) < 4.78 is 0. The highest BCUT2D eigenvalue weighted by Crippen LogP contribution is 2.06. The van der Waals surface area contributed by atoms with Crippen LogP contribution in [-0.2, 0) is 4.79 Å². The fraction of sp³-hybridized carbons (Fsp3) is 0.333. The molecule has 1 aliphatic rings. The Morgan fingerprint density at radius 2 is 2.36 bits per heavy atom. The lowest BCUT2D eigenvalue weighted by molar-refractivity contribution is -0.113. The zero-order chi connectivity index (χ0) is 10.7. The first kappa shape index (κ1) is 10.3. The highest BCUT2D eigenvalue weighted by Gasteiger charge is 2.16. The number of allylic oxidation sites excluding steroid dienone is 1. The van der Waals surface area contributed by atoms with Crippen LogP contribution in [0.4, 0.5) is 0 Å².